The van der Waals surface area contributed by atoms with Gasteiger partial charge in [-0.15, -0.1) is 0 Å². The van der Waals surface area contributed by atoms with Crippen molar-refractivity contribution in [3.8, 4) is 0 Å². The van der Waals surface area contributed by atoms with E-state index in [9.17, 15) is 22.4 Å². The number of rotatable bonds is 3. The van der Waals surface area contributed by atoms with Crippen LogP contribution in [0.15, 0.2) is 18.5 Å². The second-order valence-corrected chi connectivity index (χ2v) is 2.73. The fourth-order valence-electron chi connectivity index (χ4n) is 0.778. The normalized spacial score (nSPS) is 11.2. The highest BCUT2D eigenvalue weighted by atomic mass is 19.4. The summed E-state index contributed by atoms with van der Waals surface area (Å²) in [6.45, 7) is -1.62. The second-order valence-electron chi connectivity index (χ2n) is 2.73. The Morgan fingerprint density at radius 3 is 2.69 bits per heavy atom. The molecule has 8 heteroatoms. The smallest absolute Gasteiger partial charge is 0.267 e. The van der Waals surface area contributed by atoms with E-state index in [4.69, 9.17) is 0 Å². The minimum Gasteiger partial charge on any atom is -0.267 e. The summed E-state index contributed by atoms with van der Waals surface area (Å²) in [5, 5.41) is 0. The topological polar surface area (TPSA) is 51.2 Å². The lowest BCUT2D eigenvalue weighted by Gasteiger charge is -2.07. The van der Waals surface area contributed by atoms with Crippen LogP contribution in [0.4, 0.5) is 17.6 Å². The maximum atomic E-state index is 12.6. The standard InChI is InChI=1S/C8H6F4N2O2/c9-6-1-5(2-13-3-6)7(15)14-16-4-8(10,11)12/h1-3H,4H2,(H,14,15). The SMILES string of the molecule is O=C(NOCC(F)(F)F)c1cncc(F)c1. The lowest BCUT2D eigenvalue weighted by molar-refractivity contribution is -0.184. The van der Waals surface area contributed by atoms with Gasteiger partial charge in [0.15, 0.2) is 6.61 Å². The van der Waals surface area contributed by atoms with Crippen molar-refractivity contribution in [1.29, 1.82) is 0 Å². The molecule has 0 spiro atoms. The van der Waals surface area contributed by atoms with Gasteiger partial charge in [-0.3, -0.25) is 14.6 Å². The summed E-state index contributed by atoms with van der Waals surface area (Å²) in [5.41, 5.74) is 1.28. The predicted molar refractivity (Wildman–Crippen MR) is 43.7 cm³/mol. The molecule has 1 N–H and O–H groups in total. The van der Waals surface area contributed by atoms with Crippen molar-refractivity contribution in [2.45, 2.75) is 6.18 Å². The van der Waals surface area contributed by atoms with Gasteiger partial charge >= 0.3 is 6.18 Å². The molecule has 0 fully saturated rings. The quantitative estimate of drug-likeness (QED) is 0.640. The van der Waals surface area contributed by atoms with E-state index in [2.05, 4.69) is 9.82 Å². The number of amides is 1. The molecule has 0 unspecified atom stereocenters. The number of halogens is 4. The maximum absolute atomic E-state index is 12.6. The summed E-state index contributed by atoms with van der Waals surface area (Å²) in [6, 6.07) is 0.819. The highest BCUT2D eigenvalue weighted by molar-refractivity contribution is 5.93. The number of hydrogen-bond acceptors (Lipinski definition) is 3. The van der Waals surface area contributed by atoms with Crippen LogP contribution in [-0.2, 0) is 4.84 Å². The van der Waals surface area contributed by atoms with Crippen molar-refractivity contribution in [3.63, 3.8) is 0 Å². The third-order valence-corrected chi connectivity index (χ3v) is 1.37. The van der Waals surface area contributed by atoms with Gasteiger partial charge in [0.2, 0.25) is 0 Å². The van der Waals surface area contributed by atoms with Crippen LogP contribution in [0.1, 0.15) is 10.4 Å². The van der Waals surface area contributed by atoms with Crippen LogP contribution in [0.2, 0.25) is 0 Å². The third-order valence-electron chi connectivity index (χ3n) is 1.37. The average molecular weight is 238 g/mol. The highest BCUT2D eigenvalue weighted by Crippen LogP contribution is 2.13. The van der Waals surface area contributed by atoms with Crippen LogP contribution < -0.4 is 5.48 Å². The van der Waals surface area contributed by atoms with Gasteiger partial charge in [0.25, 0.3) is 5.91 Å². The average Bonchev–Trinajstić information content (AvgIpc) is 2.15. The van der Waals surface area contributed by atoms with Crippen molar-refractivity contribution >= 4 is 5.91 Å². The molecule has 1 amide bonds. The summed E-state index contributed by atoms with van der Waals surface area (Å²) >= 11 is 0. The van der Waals surface area contributed by atoms with Crippen LogP contribution in [0, 0.1) is 5.82 Å². The first kappa shape index (κ1) is 12.4. The molecule has 0 aliphatic heterocycles. The van der Waals surface area contributed by atoms with Crippen molar-refractivity contribution in [2.75, 3.05) is 6.61 Å². The number of nitrogens with one attached hydrogen (secondary N) is 1. The number of pyridine rings is 1. The fourth-order valence-corrected chi connectivity index (χ4v) is 0.778. The Hall–Kier alpha value is -1.70. The largest absolute Gasteiger partial charge is 0.414 e. The minimum absolute atomic E-state index is 0.234. The molecule has 1 aromatic heterocycles. The predicted octanol–water partition coefficient (Wildman–Crippen LogP) is 1.44. The first-order valence-electron chi connectivity index (χ1n) is 3.98. The number of aromatic nitrogens is 1. The molecular formula is C8H6F4N2O2. The van der Waals surface area contributed by atoms with Crippen molar-refractivity contribution in [2.24, 2.45) is 0 Å². The molecule has 0 aromatic carbocycles. The Morgan fingerprint density at radius 2 is 2.12 bits per heavy atom. The number of nitrogens with zero attached hydrogens (tertiary/aromatic N) is 1. The molecule has 1 heterocycles. The number of hydrogen-bond donors (Lipinski definition) is 1. The molecule has 16 heavy (non-hydrogen) atoms. The maximum Gasteiger partial charge on any atom is 0.414 e. The van der Waals surface area contributed by atoms with E-state index in [-0.39, 0.29) is 5.56 Å². The molecule has 0 aliphatic carbocycles. The van der Waals surface area contributed by atoms with Crippen LogP contribution in [0.25, 0.3) is 0 Å². The summed E-state index contributed by atoms with van der Waals surface area (Å²) in [7, 11) is 0. The lowest BCUT2D eigenvalue weighted by atomic mass is 10.3. The van der Waals surface area contributed by atoms with Crippen LogP contribution >= 0.6 is 0 Å². The summed E-state index contributed by atoms with van der Waals surface area (Å²) in [5.74, 6) is -1.78. The highest BCUT2D eigenvalue weighted by Gasteiger charge is 2.28. The third kappa shape index (κ3) is 4.22. The van der Waals surface area contributed by atoms with Crippen LogP contribution in [0.5, 0.6) is 0 Å². The van der Waals surface area contributed by atoms with Gasteiger partial charge in [-0.25, -0.2) is 9.87 Å². The van der Waals surface area contributed by atoms with Crippen molar-refractivity contribution in [3.05, 3.63) is 29.8 Å². The van der Waals surface area contributed by atoms with Gasteiger partial charge in [-0.05, 0) is 6.07 Å². The van der Waals surface area contributed by atoms with E-state index in [1.807, 2.05) is 0 Å². The van der Waals surface area contributed by atoms with E-state index in [1.165, 1.54) is 5.48 Å². The fraction of sp³-hybridized carbons (Fsp3) is 0.250. The minimum atomic E-state index is -4.55. The van der Waals surface area contributed by atoms with Gasteiger partial charge in [-0.2, -0.15) is 13.2 Å². The zero-order valence-electron chi connectivity index (χ0n) is 7.71. The first-order chi connectivity index (χ1) is 7.38. The Morgan fingerprint density at radius 1 is 1.44 bits per heavy atom. The molecule has 1 aromatic rings. The Balaban J connectivity index is 2.47. The van der Waals surface area contributed by atoms with Gasteiger partial charge in [0.05, 0.1) is 11.8 Å². The number of alkyl halides is 3. The number of hydroxylamine groups is 1. The molecule has 1 rings (SSSR count). The Labute approximate surface area is 87.2 Å². The molecule has 0 atom stereocenters. The molecular weight excluding hydrogens is 232 g/mol. The monoisotopic (exact) mass is 238 g/mol. The molecule has 0 aliphatic rings. The second kappa shape index (κ2) is 4.88. The summed E-state index contributed by atoms with van der Waals surface area (Å²) in [6.07, 6.45) is -2.70. The number of carbonyl (C=O) groups is 1. The van der Waals surface area contributed by atoms with E-state index in [1.54, 1.807) is 0 Å². The van der Waals surface area contributed by atoms with Gasteiger partial charge in [0, 0.05) is 6.20 Å². The van der Waals surface area contributed by atoms with Gasteiger partial charge in [-0.1, -0.05) is 0 Å². The van der Waals surface area contributed by atoms with Crippen molar-refractivity contribution < 1.29 is 27.2 Å². The first-order valence-corrected chi connectivity index (χ1v) is 3.98. The Kier molecular flexibility index (Phi) is 3.78. The zero-order valence-corrected chi connectivity index (χ0v) is 7.71. The lowest BCUT2D eigenvalue weighted by Crippen LogP contribution is -2.29. The molecule has 0 radical (unpaired) electrons. The Bertz CT molecular complexity index is 381. The van der Waals surface area contributed by atoms with E-state index >= 15 is 0 Å². The molecule has 88 valence electrons. The molecule has 0 bridgehead atoms. The van der Waals surface area contributed by atoms with Gasteiger partial charge in [0.1, 0.15) is 5.82 Å². The van der Waals surface area contributed by atoms with E-state index in [0.717, 1.165) is 18.5 Å². The zero-order chi connectivity index (χ0) is 12.2. The molecule has 0 saturated heterocycles. The summed E-state index contributed by atoms with van der Waals surface area (Å²) in [4.78, 5) is 18.3. The van der Waals surface area contributed by atoms with E-state index in [0.29, 0.717) is 0 Å². The van der Waals surface area contributed by atoms with Gasteiger partial charge < -0.3 is 0 Å². The number of carbonyl (C=O) groups excluding carboxylic acids is 1. The van der Waals surface area contributed by atoms with Crippen LogP contribution in [0.3, 0.4) is 0 Å². The van der Waals surface area contributed by atoms with Crippen LogP contribution in [-0.4, -0.2) is 23.7 Å². The summed E-state index contributed by atoms with van der Waals surface area (Å²) < 4.78 is 47.4. The van der Waals surface area contributed by atoms with Crippen molar-refractivity contribution in [1.82, 2.24) is 10.5 Å². The van der Waals surface area contributed by atoms with E-state index < -0.39 is 24.5 Å². The molecule has 0 saturated carbocycles. The molecule has 4 nitrogen and oxygen atoms in total.